The van der Waals surface area contributed by atoms with E-state index in [1.54, 1.807) is 35.3 Å². The third-order valence-corrected chi connectivity index (χ3v) is 5.43. The van der Waals surface area contributed by atoms with Gasteiger partial charge >= 0.3 is 0 Å². The van der Waals surface area contributed by atoms with Gasteiger partial charge in [-0.2, -0.15) is 5.10 Å². The smallest absolute Gasteiger partial charge is 0.265 e. The summed E-state index contributed by atoms with van der Waals surface area (Å²) in [6.07, 6.45) is 3.23. The molecular formula is C23H20FN3O2S. The number of carbonyl (C=O) groups is 1. The number of aryl methyl sites for hydroxylation is 1. The predicted molar refractivity (Wildman–Crippen MR) is 116 cm³/mol. The second-order valence-electron chi connectivity index (χ2n) is 6.90. The number of ether oxygens (including phenoxy) is 1. The Kier molecular flexibility index (Phi) is 5.90. The van der Waals surface area contributed by atoms with Crippen LogP contribution in [0.15, 0.2) is 72.4 Å². The van der Waals surface area contributed by atoms with Gasteiger partial charge in [-0.3, -0.25) is 9.48 Å². The van der Waals surface area contributed by atoms with Crippen LogP contribution in [0.25, 0.3) is 0 Å². The second-order valence-corrected chi connectivity index (χ2v) is 7.81. The van der Waals surface area contributed by atoms with Gasteiger partial charge in [0.05, 0.1) is 23.3 Å². The van der Waals surface area contributed by atoms with E-state index in [0.29, 0.717) is 29.3 Å². The number of aromatic nitrogens is 2. The molecule has 1 amide bonds. The van der Waals surface area contributed by atoms with E-state index in [4.69, 9.17) is 4.74 Å². The van der Waals surface area contributed by atoms with Crippen molar-refractivity contribution < 1.29 is 13.9 Å². The zero-order valence-electron chi connectivity index (χ0n) is 16.3. The molecule has 4 aromatic rings. The first-order valence-corrected chi connectivity index (χ1v) is 10.3. The Hall–Kier alpha value is -3.45. The van der Waals surface area contributed by atoms with Crippen molar-refractivity contribution in [1.82, 2.24) is 9.78 Å². The van der Waals surface area contributed by atoms with Gasteiger partial charge in [0.2, 0.25) is 0 Å². The minimum atomic E-state index is -0.280. The summed E-state index contributed by atoms with van der Waals surface area (Å²) < 4.78 is 21.2. The van der Waals surface area contributed by atoms with Crippen LogP contribution in [0.2, 0.25) is 0 Å². The molecule has 0 aliphatic carbocycles. The van der Waals surface area contributed by atoms with E-state index >= 15 is 0 Å². The molecule has 0 atom stereocenters. The average Bonchev–Trinajstić information content (AvgIpc) is 3.38. The van der Waals surface area contributed by atoms with Gasteiger partial charge in [-0.05, 0) is 42.1 Å². The number of nitrogens with one attached hydrogen (secondary N) is 1. The van der Waals surface area contributed by atoms with E-state index in [1.165, 1.54) is 17.4 Å². The molecule has 0 aliphatic heterocycles. The fourth-order valence-electron chi connectivity index (χ4n) is 2.95. The van der Waals surface area contributed by atoms with E-state index in [-0.39, 0.29) is 11.7 Å². The van der Waals surface area contributed by atoms with Crippen LogP contribution in [0.4, 0.5) is 10.1 Å². The van der Waals surface area contributed by atoms with Gasteiger partial charge in [0.25, 0.3) is 5.91 Å². The third-order valence-electron chi connectivity index (χ3n) is 4.45. The van der Waals surface area contributed by atoms with Crippen LogP contribution in [0, 0.1) is 12.7 Å². The molecule has 152 valence electrons. The van der Waals surface area contributed by atoms with Gasteiger partial charge in [0.15, 0.2) is 0 Å². The molecule has 0 fully saturated rings. The number of hydrogen-bond acceptors (Lipinski definition) is 4. The number of rotatable bonds is 7. The molecule has 0 unspecified atom stereocenters. The number of thiophene rings is 1. The maximum Gasteiger partial charge on any atom is 0.265 e. The summed E-state index contributed by atoms with van der Waals surface area (Å²) in [5.41, 5.74) is 3.16. The van der Waals surface area contributed by atoms with Crippen LogP contribution in [-0.4, -0.2) is 15.7 Å². The van der Waals surface area contributed by atoms with Crippen LogP contribution in [0.5, 0.6) is 5.75 Å². The zero-order chi connectivity index (χ0) is 20.9. The van der Waals surface area contributed by atoms with Crippen molar-refractivity contribution in [2.24, 2.45) is 0 Å². The molecule has 1 N–H and O–H groups in total. The Morgan fingerprint density at radius 1 is 1.20 bits per heavy atom. The molecule has 2 heterocycles. The predicted octanol–water partition coefficient (Wildman–Crippen LogP) is 5.27. The van der Waals surface area contributed by atoms with Gasteiger partial charge in [0, 0.05) is 17.3 Å². The minimum absolute atomic E-state index is 0.216. The highest BCUT2D eigenvalue weighted by atomic mass is 32.1. The Morgan fingerprint density at radius 2 is 2.07 bits per heavy atom. The standard InChI is InChI=1S/C23H20FN3O2S/c1-16-5-4-7-20(9-16)29-14-17-10-22(30-15-17)23(28)26-19-11-25-27(13-19)12-18-6-2-3-8-21(18)24/h2-11,13,15H,12,14H2,1H3,(H,26,28). The summed E-state index contributed by atoms with van der Waals surface area (Å²) in [6, 6.07) is 16.2. The van der Waals surface area contributed by atoms with Crippen LogP contribution < -0.4 is 10.1 Å². The van der Waals surface area contributed by atoms with Crippen molar-refractivity contribution >= 4 is 22.9 Å². The molecule has 0 radical (unpaired) electrons. The first kappa shape index (κ1) is 19.8. The van der Waals surface area contributed by atoms with Crippen molar-refractivity contribution in [3.8, 4) is 5.75 Å². The fourth-order valence-corrected chi connectivity index (χ4v) is 3.74. The largest absolute Gasteiger partial charge is 0.489 e. The maximum absolute atomic E-state index is 13.8. The van der Waals surface area contributed by atoms with Crippen LogP contribution >= 0.6 is 11.3 Å². The number of halogens is 1. The summed E-state index contributed by atoms with van der Waals surface area (Å²) in [4.78, 5) is 13.1. The zero-order valence-corrected chi connectivity index (χ0v) is 17.2. The molecular weight excluding hydrogens is 401 g/mol. The molecule has 30 heavy (non-hydrogen) atoms. The molecule has 5 nitrogen and oxygen atoms in total. The number of carbonyl (C=O) groups excluding carboxylic acids is 1. The van der Waals surface area contributed by atoms with E-state index in [2.05, 4.69) is 10.4 Å². The van der Waals surface area contributed by atoms with E-state index in [1.807, 2.05) is 42.6 Å². The number of anilines is 1. The monoisotopic (exact) mass is 421 g/mol. The lowest BCUT2D eigenvalue weighted by Gasteiger charge is -2.05. The quantitative estimate of drug-likeness (QED) is 0.442. The van der Waals surface area contributed by atoms with Gasteiger partial charge in [-0.25, -0.2) is 4.39 Å². The Bertz CT molecular complexity index is 1170. The first-order valence-electron chi connectivity index (χ1n) is 9.41. The van der Waals surface area contributed by atoms with Gasteiger partial charge < -0.3 is 10.1 Å². The molecule has 0 saturated carbocycles. The molecule has 0 saturated heterocycles. The van der Waals surface area contributed by atoms with Gasteiger partial charge in [0.1, 0.15) is 18.2 Å². The lowest BCUT2D eigenvalue weighted by molar-refractivity contribution is 0.103. The molecule has 2 aromatic carbocycles. The maximum atomic E-state index is 13.8. The van der Waals surface area contributed by atoms with Crippen molar-refractivity contribution in [1.29, 1.82) is 0 Å². The topological polar surface area (TPSA) is 56.1 Å². The van der Waals surface area contributed by atoms with Crippen molar-refractivity contribution in [2.75, 3.05) is 5.32 Å². The SMILES string of the molecule is Cc1cccc(OCc2csc(C(=O)Nc3cnn(Cc4ccccc4F)c3)c2)c1. The summed E-state index contributed by atoms with van der Waals surface area (Å²) in [5.74, 6) is 0.305. The highest BCUT2D eigenvalue weighted by Gasteiger charge is 2.12. The summed E-state index contributed by atoms with van der Waals surface area (Å²) >= 11 is 1.36. The Balaban J connectivity index is 1.34. The lowest BCUT2D eigenvalue weighted by Crippen LogP contribution is -2.09. The van der Waals surface area contributed by atoms with Crippen LogP contribution in [0.1, 0.15) is 26.4 Å². The van der Waals surface area contributed by atoms with Gasteiger partial charge in [-0.15, -0.1) is 11.3 Å². The van der Waals surface area contributed by atoms with Gasteiger partial charge in [-0.1, -0.05) is 30.3 Å². The molecule has 2 aromatic heterocycles. The van der Waals surface area contributed by atoms with Crippen LogP contribution in [-0.2, 0) is 13.2 Å². The third kappa shape index (κ3) is 4.93. The van der Waals surface area contributed by atoms with E-state index in [0.717, 1.165) is 16.9 Å². The summed E-state index contributed by atoms with van der Waals surface area (Å²) in [7, 11) is 0. The first-order chi connectivity index (χ1) is 14.6. The number of benzene rings is 2. The number of amides is 1. The highest BCUT2D eigenvalue weighted by Crippen LogP contribution is 2.20. The molecule has 0 aliphatic rings. The summed E-state index contributed by atoms with van der Waals surface area (Å²) in [5, 5.41) is 8.93. The lowest BCUT2D eigenvalue weighted by atomic mass is 10.2. The van der Waals surface area contributed by atoms with E-state index < -0.39 is 0 Å². The normalized spacial score (nSPS) is 10.7. The molecule has 4 rings (SSSR count). The number of hydrogen-bond donors (Lipinski definition) is 1. The second kappa shape index (κ2) is 8.92. The molecule has 7 heteroatoms. The highest BCUT2D eigenvalue weighted by molar-refractivity contribution is 7.12. The van der Waals surface area contributed by atoms with Crippen molar-refractivity contribution in [3.63, 3.8) is 0 Å². The number of nitrogens with zero attached hydrogens (tertiary/aromatic N) is 2. The van der Waals surface area contributed by atoms with Crippen LogP contribution in [0.3, 0.4) is 0 Å². The Morgan fingerprint density at radius 3 is 2.90 bits per heavy atom. The Labute approximate surface area is 177 Å². The molecule has 0 bridgehead atoms. The molecule has 0 spiro atoms. The fraction of sp³-hybridized carbons (Fsp3) is 0.130. The summed E-state index contributed by atoms with van der Waals surface area (Å²) in [6.45, 7) is 2.70. The van der Waals surface area contributed by atoms with Crippen molar-refractivity contribution in [2.45, 2.75) is 20.1 Å². The average molecular weight is 421 g/mol. The van der Waals surface area contributed by atoms with Crippen molar-refractivity contribution in [3.05, 3.63) is 99.8 Å². The van der Waals surface area contributed by atoms with E-state index in [9.17, 15) is 9.18 Å². The minimum Gasteiger partial charge on any atom is -0.489 e.